The smallest absolute Gasteiger partial charge is 0.164 e. The average molecular weight is 348 g/mol. The Balaban J connectivity index is 1.81. The van der Waals surface area contributed by atoms with Gasteiger partial charge < -0.3 is 4.74 Å². The van der Waals surface area contributed by atoms with Gasteiger partial charge in [0.25, 0.3) is 0 Å². The third-order valence-electron chi connectivity index (χ3n) is 3.98. The second kappa shape index (κ2) is 8.54. The van der Waals surface area contributed by atoms with E-state index in [2.05, 4.69) is 12.1 Å². The molecule has 0 N–H and O–H groups in total. The fourth-order valence-electron chi connectivity index (χ4n) is 2.62. The maximum Gasteiger partial charge on any atom is 0.164 e. The maximum atomic E-state index is 12.7. The number of carbonyl (C=O) groups excluding carboxylic acids is 1. The predicted molar refractivity (Wildman–Crippen MR) is 103 cm³/mol. The van der Waals surface area contributed by atoms with Gasteiger partial charge in [-0.25, -0.2) is 0 Å². The Hall–Kier alpha value is -2.52. The van der Waals surface area contributed by atoms with Crippen molar-refractivity contribution in [3.63, 3.8) is 0 Å². The van der Waals surface area contributed by atoms with Crippen molar-refractivity contribution in [1.82, 2.24) is 0 Å². The predicted octanol–water partition coefficient (Wildman–Crippen LogP) is 5.80. The Labute approximate surface area is 152 Å². The lowest BCUT2D eigenvalue weighted by atomic mass is 10.0. The third-order valence-corrected chi connectivity index (χ3v) is 5.24. The van der Waals surface area contributed by atoms with Gasteiger partial charge in [-0.2, -0.15) is 0 Å². The number of hydrogen-bond donors (Lipinski definition) is 0. The van der Waals surface area contributed by atoms with E-state index in [-0.39, 0.29) is 11.0 Å². The highest BCUT2D eigenvalue weighted by Crippen LogP contribution is 2.39. The number of benzene rings is 3. The lowest BCUT2D eigenvalue weighted by molar-refractivity contribution is 0.0982. The minimum atomic E-state index is 0.0716. The number of ether oxygens (including phenoxy) is 1. The number of methoxy groups -OCH3 is 1. The second-order valence-corrected chi connectivity index (χ2v) is 6.96. The number of thioether (sulfide) groups is 1. The Morgan fingerprint density at radius 1 is 0.880 bits per heavy atom. The largest absolute Gasteiger partial charge is 0.497 e. The molecule has 0 saturated heterocycles. The lowest BCUT2D eigenvalue weighted by Gasteiger charge is -2.17. The van der Waals surface area contributed by atoms with Crippen LogP contribution in [0.2, 0.25) is 0 Å². The van der Waals surface area contributed by atoms with Gasteiger partial charge in [-0.1, -0.05) is 60.7 Å². The fraction of sp³-hybridized carbons (Fsp3) is 0.136. The fourth-order valence-corrected chi connectivity index (χ4v) is 3.77. The molecule has 0 aromatic heterocycles. The van der Waals surface area contributed by atoms with Crippen LogP contribution >= 0.6 is 11.8 Å². The molecule has 25 heavy (non-hydrogen) atoms. The maximum absolute atomic E-state index is 12.7. The first-order valence-electron chi connectivity index (χ1n) is 8.20. The van der Waals surface area contributed by atoms with Crippen molar-refractivity contribution in [2.45, 2.75) is 16.6 Å². The van der Waals surface area contributed by atoms with E-state index in [0.29, 0.717) is 6.42 Å². The number of Topliss-reactive ketones (excluding diaryl/α,β-unsaturated/α-hetero) is 1. The molecular weight excluding hydrogens is 328 g/mol. The van der Waals surface area contributed by atoms with Gasteiger partial charge in [0.05, 0.1) is 7.11 Å². The standard InChI is InChI=1S/C22H20O2S/c1-24-19-12-14-20(15-13-19)25-22(18-10-6-3-7-11-18)16-21(23)17-8-4-2-5-9-17/h2-15,22H,16H2,1H3. The summed E-state index contributed by atoms with van der Waals surface area (Å²) in [7, 11) is 1.66. The summed E-state index contributed by atoms with van der Waals surface area (Å²) in [5.74, 6) is 0.997. The highest BCUT2D eigenvalue weighted by Gasteiger charge is 2.18. The molecule has 0 fully saturated rings. The van der Waals surface area contributed by atoms with E-state index in [4.69, 9.17) is 4.74 Å². The number of rotatable bonds is 7. The number of carbonyl (C=O) groups is 1. The zero-order valence-corrected chi connectivity index (χ0v) is 14.9. The molecular formula is C22H20O2S. The van der Waals surface area contributed by atoms with Crippen LogP contribution in [0.5, 0.6) is 5.75 Å². The highest BCUT2D eigenvalue weighted by molar-refractivity contribution is 7.99. The summed E-state index contributed by atoms with van der Waals surface area (Å²) >= 11 is 1.71. The zero-order valence-electron chi connectivity index (χ0n) is 14.1. The average Bonchev–Trinajstić information content (AvgIpc) is 2.69. The van der Waals surface area contributed by atoms with Crippen molar-refractivity contribution in [2.24, 2.45) is 0 Å². The first kappa shape index (κ1) is 17.3. The van der Waals surface area contributed by atoms with Crippen LogP contribution in [0.25, 0.3) is 0 Å². The summed E-state index contributed by atoms with van der Waals surface area (Å²) in [6, 6.07) is 27.7. The Kier molecular flexibility index (Phi) is 5.91. The molecule has 3 heteroatoms. The molecule has 3 rings (SSSR count). The normalized spacial score (nSPS) is 11.7. The minimum absolute atomic E-state index is 0.0716. The van der Waals surface area contributed by atoms with Gasteiger partial charge in [-0.3, -0.25) is 4.79 Å². The summed E-state index contributed by atoms with van der Waals surface area (Å²) in [6.07, 6.45) is 0.463. The molecule has 0 amide bonds. The van der Waals surface area contributed by atoms with Crippen molar-refractivity contribution in [1.29, 1.82) is 0 Å². The molecule has 0 heterocycles. The van der Waals surface area contributed by atoms with E-state index in [1.54, 1.807) is 18.9 Å². The van der Waals surface area contributed by atoms with Crippen molar-refractivity contribution in [3.8, 4) is 5.75 Å². The minimum Gasteiger partial charge on any atom is -0.497 e. The Bertz CT molecular complexity index is 798. The van der Waals surface area contributed by atoms with Crippen molar-refractivity contribution in [2.75, 3.05) is 7.11 Å². The molecule has 126 valence electrons. The Morgan fingerprint density at radius 3 is 2.08 bits per heavy atom. The molecule has 0 spiro atoms. The van der Waals surface area contributed by atoms with Crippen molar-refractivity contribution >= 4 is 17.5 Å². The third kappa shape index (κ3) is 4.74. The summed E-state index contributed by atoms with van der Waals surface area (Å²) in [5.41, 5.74) is 1.92. The SMILES string of the molecule is COc1ccc(SC(CC(=O)c2ccccc2)c2ccccc2)cc1. The van der Waals surface area contributed by atoms with Crippen LogP contribution in [0, 0.1) is 0 Å². The van der Waals surface area contributed by atoms with E-state index in [9.17, 15) is 4.79 Å². The molecule has 1 atom stereocenters. The molecule has 0 aliphatic rings. The summed E-state index contributed by atoms with van der Waals surface area (Å²) < 4.78 is 5.22. The topological polar surface area (TPSA) is 26.3 Å². The van der Waals surface area contributed by atoms with Crippen LogP contribution in [0.15, 0.2) is 89.8 Å². The summed E-state index contributed by atoms with van der Waals surface area (Å²) in [6.45, 7) is 0. The lowest BCUT2D eigenvalue weighted by Crippen LogP contribution is -2.05. The highest BCUT2D eigenvalue weighted by atomic mass is 32.2. The van der Waals surface area contributed by atoms with E-state index in [1.807, 2.05) is 72.8 Å². The van der Waals surface area contributed by atoms with Crippen LogP contribution in [-0.4, -0.2) is 12.9 Å². The quantitative estimate of drug-likeness (QED) is 0.398. The zero-order chi connectivity index (χ0) is 17.5. The van der Waals surface area contributed by atoms with Gasteiger partial charge in [-0.15, -0.1) is 11.8 Å². The number of ketones is 1. The molecule has 0 aliphatic heterocycles. The molecule has 0 saturated carbocycles. The van der Waals surface area contributed by atoms with Crippen LogP contribution in [0.4, 0.5) is 0 Å². The monoisotopic (exact) mass is 348 g/mol. The molecule has 1 unspecified atom stereocenters. The molecule has 3 aromatic carbocycles. The van der Waals surface area contributed by atoms with Crippen LogP contribution in [0.1, 0.15) is 27.6 Å². The van der Waals surface area contributed by atoms with Crippen LogP contribution < -0.4 is 4.74 Å². The molecule has 0 bridgehead atoms. The molecule has 0 aliphatic carbocycles. The summed E-state index contributed by atoms with van der Waals surface area (Å²) in [4.78, 5) is 13.8. The molecule has 0 radical (unpaired) electrons. The van der Waals surface area contributed by atoms with Crippen LogP contribution in [0.3, 0.4) is 0 Å². The second-order valence-electron chi connectivity index (χ2n) is 5.69. The van der Waals surface area contributed by atoms with Gasteiger partial charge in [0.15, 0.2) is 5.78 Å². The van der Waals surface area contributed by atoms with Gasteiger partial charge in [0, 0.05) is 22.1 Å². The van der Waals surface area contributed by atoms with Crippen molar-refractivity contribution in [3.05, 3.63) is 96.1 Å². The van der Waals surface area contributed by atoms with Gasteiger partial charge in [-0.05, 0) is 29.8 Å². The number of hydrogen-bond acceptors (Lipinski definition) is 3. The van der Waals surface area contributed by atoms with Gasteiger partial charge >= 0.3 is 0 Å². The van der Waals surface area contributed by atoms with E-state index < -0.39 is 0 Å². The van der Waals surface area contributed by atoms with Crippen LogP contribution in [-0.2, 0) is 0 Å². The van der Waals surface area contributed by atoms with Gasteiger partial charge in [0.1, 0.15) is 5.75 Å². The van der Waals surface area contributed by atoms with Crippen molar-refractivity contribution < 1.29 is 9.53 Å². The molecule has 2 nitrogen and oxygen atoms in total. The van der Waals surface area contributed by atoms with E-state index in [1.165, 1.54) is 0 Å². The molecule has 3 aromatic rings. The van der Waals surface area contributed by atoms with Gasteiger partial charge in [0.2, 0.25) is 0 Å². The van der Waals surface area contributed by atoms with E-state index in [0.717, 1.165) is 21.8 Å². The van der Waals surface area contributed by atoms with E-state index >= 15 is 0 Å². The first-order chi connectivity index (χ1) is 12.3. The first-order valence-corrected chi connectivity index (χ1v) is 9.08. The Morgan fingerprint density at radius 2 is 1.48 bits per heavy atom. The summed E-state index contributed by atoms with van der Waals surface area (Å²) in [5, 5.41) is 0.0716.